The summed E-state index contributed by atoms with van der Waals surface area (Å²) in [6.45, 7) is 4.68. The minimum absolute atomic E-state index is 0.127. The number of ether oxygens (including phenoxy) is 1. The molecule has 1 amide bonds. The van der Waals surface area contributed by atoms with Crippen molar-refractivity contribution in [1.82, 2.24) is 5.32 Å². The molecule has 1 saturated heterocycles. The van der Waals surface area contributed by atoms with Gasteiger partial charge in [-0.05, 0) is 55.5 Å². The van der Waals surface area contributed by atoms with E-state index in [0.29, 0.717) is 23.7 Å². The molecule has 2 aromatic rings. The summed E-state index contributed by atoms with van der Waals surface area (Å²) < 4.78 is 5.79. The molecule has 144 valence electrons. The number of benzene rings is 2. The molecular weight excluding hydrogens is 360 g/mol. The van der Waals surface area contributed by atoms with Gasteiger partial charge in [-0.15, -0.1) is 0 Å². The average molecular weight is 387 g/mol. The number of piperidine rings is 1. The number of nitrogens with one attached hydrogen (secondary N) is 1. The second kappa shape index (κ2) is 9.65. The van der Waals surface area contributed by atoms with Crippen molar-refractivity contribution in [2.45, 2.75) is 45.3 Å². The summed E-state index contributed by atoms with van der Waals surface area (Å²) in [7, 11) is 0. The minimum atomic E-state index is -0.558. The predicted octanol–water partition coefficient (Wildman–Crippen LogP) is 4.80. The molecule has 0 saturated carbocycles. The molecule has 27 heavy (non-hydrogen) atoms. The number of carbonyl (C=O) groups excluding carboxylic acids is 1. The molecule has 1 fully saturated rings. The Morgan fingerprint density at radius 1 is 1.11 bits per heavy atom. The van der Waals surface area contributed by atoms with Crippen molar-refractivity contribution in [1.29, 1.82) is 0 Å². The van der Waals surface area contributed by atoms with Crippen LogP contribution in [0, 0.1) is 0 Å². The lowest BCUT2D eigenvalue weighted by Gasteiger charge is -2.28. The summed E-state index contributed by atoms with van der Waals surface area (Å²) in [6, 6.07) is 15.7. The Labute approximate surface area is 166 Å². The third kappa shape index (κ3) is 5.39. The zero-order valence-corrected chi connectivity index (χ0v) is 16.5. The van der Waals surface area contributed by atoms with Crippen LogP contribution >= 0.6 is 11.6 Å². The molecule has 0 unspecified atom stereocenters. The Balaban J connectivity index is 1.53. The van der Waals surface area contributed by atoms with Crippen LogP contribution in [0.5, 0.6) is 5.75 Å². The van der Waals surface area contributed by atoms with Gasteiger partial charge in [0.05, 0.1) is 5.02 Å². The van der Waals surface area contributed by atoms with Crippen molar-refractivity contribution in [2.75, 3.05) is 18.0 Å². The topological polar surface area (TPSA) is 41.6 Å². The maximum Gasteiger partial charge on any atom is 0.261 e. The third-order valence-electron chi connectivity index (χ3n) is 4.89. The standard InChI is InChI=1S/C22H27ClN2O2/c1-2-20(27-21-9-5-4-8-19(21)23)22(26)24-16-17-10-12-18(13-11-17)25-14-6-3-7-15-25/h4-5,8-13,20H,2-3,6-7,14-16H2,1H3,(H,24,26)/t20-/m1/s1. The smallest absolute Gasteiger partial charge is 0.261 e. The van der Waals surface area contributed by atoms with Crippen LogP contribution in [0.2, 0.25) is 5.02 Å². The van der Waals surface area contributed by atoms with E-state index >= 15 is 0 Å². The van der Waals surface area contributed by atoms with E-state index in [0.717, 1.165) is 18.7 Å². The first-order valence-corrected chi connectivity index (χ1v) is 10.1. The zero-order chi connectivity index (χ0) is 19.1. The summed E-state index contributed by atoms with van der Waals surface area (Å²) in [5.41, 5.74) is 2.34. The highest BCUT2D eigenvalue weighted by atomic mass is 35.5. The van der Waals surface area contributed by atoms with Gasteiger partial charge in [0.15, 0.2) is 6.10 Å². The van der Waals surface area contributed by atoms with Crippen molar-refractivity contribution in [3.63, 3.8) is 0 Å². The molecule has 0 radical (unpaired) electrons. The highest BCUT2D eigenvalue weighted by Crippen LogP contribution is 2.25. The van der Waals surface area contributed by atoms with Crippen LogP contribution in [-0.4, -0.2) is 25.1 Å². The highest BCUT2D eigenvalue weighted by Gasteiger charge is 2.19. The second-order valence-electron chi connectivity index (χ2n) is 6.88. The normalized spacial score (nSPS) is 15.3. The van der Waals surface area contributed by atoms with Gasteiger partial charge in [-0.1, -0.05) is 42.8 Å². The van der Waals surface area contributed by atoms with Gasteiger partial charge in [0.25, 0.3) is 5.91 Å². The first kappa shape index (κ1) is 19.6. The monoisotopic (exact) mass is 386 g/mol. The summed E-state index contributed by atoms with van der Waals surface area (Å²) >= 11 is 6.12. The van der Waals surface area contributed by atoms with Gasteiger partial charge in [-0.2, -0.15) is 0 Å². The molecule has 0 spiro atoms. The molecule has 1 aliphatic heterocycles. The van der Waals surface area contributed by atoms with Gasteiger partial charge < -0.3 is 15.0 Å². The number of rotatable bonds is 7. The number of anilines is 1. The SMILES string of the molecule is CC[C@@H](Oc1ccccc1Cl)C(=O)NCc1ccc(N2CCCCC2)cc1. The molecule has 1 aliphatic rings. The van der Waals surface area contributed by atoms with Gasteiger partial charge in [-0.3, -0.25) is 4.79 Å². The van der Waals surface area contributed by atoms with Crippen molar-refractivity contribution in [3.8, 4) is 5.75 Å². The fourth-order valence-corrected chi connectivity index (χ4v) is 3.48. The summed E-state index contributed by atoms with van der Waals surface area (Å²) in [5, 5.41) is 3.48. The molecule has 1 atom stereocenters. The van der Waals surface area contributed by atoms with Crippen LogP contribution in [-0.2, 0) is 11.3 Å². The fourth-order valence-electron chi connectivity index (χ4n) is 3.30. The summed E-state index contributed by atoms with van der Waals surface area (Å²) in [5.74, 6) is 0.407. The van der Waals surface area contributed by atoms with E-state index in [2.05, 4.69) is 34.5 Å². The van der Waals surface area contributed by atoms with Gasteiger partial charge in [0, 0.05) is 25.3 Å². The van der Waals surface area contributed by atoms with Crippen LogP contribution in [0.3, 0.4) is 0 Å². The molecule has 3 rings (SSSR count). The Hall–Kier alpha value is -2.20. The van der Waals surface area contributed by atoms with E-state index < -0.39 is 6.10 Å². The lowest BCUT2D eigenvalue weighted by atomic mass is 10.1. The quantitative estimate of drug-likeness (QED) is 0.742. The van der Waals surface area contributed by atoms with Crippen molar-refractivity contribution in [2.24, 2.45) is 0 Å². The lowest BCUT2D eigenvalue weighted by Crippen LogP contribution is -2.37. The molecule has 4 nitrogen and oxygen atoms in total. The number of amides is 1. The third-order valence-corrected chi connectivity index (χ3v) is 5.21. The fraction of sp³-hybridized carbons (Fsp3) is 0.409. The van der Waals surface area contributed by atoms with Gasteiger partial charge in [0.1, 0.15) is 5.75 Å². The largest absolute Gasteiger partial charge is 0.479 e. The van der Waals surface area contributed by atoms with Crippen LogP contribution in [0.4, 0.5) is 5.69 Å². The van der Waals surface area contributed by atoms with Crippen LogP contribution in [0.1, 0.15) is 38.2 Å². The molecule has 1 N–H and O–H groups in total. The summed E-state index contributed by atoms with van der Waals surface area (Å²) in [6.07, 6.45) is 3.88. The van der Waals surface area contributed by atoms with Crippen molar-refractivity contribution < 1.29 is 9.53 Å². The van der Waals surface area contributed by atoms with E-state index in [1.165, 1.54) is 24.9 Å². The first-order valence-electron chi connectivity index (χ1n) is 9.70. The van der Waals surface area contributed by atoms with E-state index in [1.807, 2.05) is 19.1 Å². The Morgan fingerprint density at radius 3 is 2.48 bits per heavy atom. The zero-order valence-electron chi connectivity index (χ0n) is 15.8. The Morgan fingerprint density at radius 2 is 1.81 bits per heavy atom. The average Bonchev–Trinajstić information content (AvgIpc) is 2.72. The number of nitrogens with zero attached hydrogens (tertiary/aromatic N) is 1. The number of carbonyl (C=O) groups is 1. The number of hydrogen-bond acceptors (Lipinski definition) is 3. The van der Waals surface area contributed by atoms with Crippen molar-refractivity contribution >= 4 is 23.2 Å². The molecule has 2 aromatic carbocycles. The van der Waals surface area contributed by atoms with Gasteiger partial charge in [-0.25, -0.2) is 0 Å². The molecule has 1 heterocycles. The van der Waals surface area contributed by atoms with Gasteiger partial charge in [0.2, 0.25) is 0 Å². The maximum absolute atomic E-state index is 12.5. The van der Waals surface area contributed by atoms with Crippen LogP contribution in [0.15, 0.2) is 48.5 Å². The molecule has 0 bridgehead atoms. The van der Waals surface area contributed by atoms with Gasteiger partial charge >= 0.3 is 0 Å². The Kier molecular flexibility index (Phi) is 6.99. The number of hydrogen-bond donors (Lipinski definition) is 1. The van der Waals surface area contributed by atoms with E-state index in [4.69, 9.17) is 16.3 Å². The lowest BCUT2D eigenvalue weighted by molar-refractivity contribution is -0.128. The second-order valence-corrected chi connectivity index (χ2v) is 7.28. The van der Waals surface area contributed by atoms with Crippen LogP contribution in [0.25, 0.3) is 0 Å². The van der Waals surface area contributed by atoms with E-state index in [-0.39, 0.29) is 5.91 Å². The number of halogens is 1. The first-order chi connectivity index (χ1) is 13.2. The molecule has 0 aliphatic carbocycles. The van der Waals surface area contributed by atoms with Crippen molar-refractivity contribution in [3.05, 3.63) is 59.1 Å². The molecule has 0 aromatic heterocycles. The van der Waals surface area contributed by atoms with E-state index in [1.54, 1.807) is 12.1 Å². The molecular formula is C22H27ClN2O2. The minimum Gasteiger partial charge on any atom is -0.479 e. The van der Waals surface area contributed by atoms with E-state index in [9.17, 15) is 4.79 Å². The predicted molar refractivity (Wildman–Crippen MR) is 111 cm³/mol. The number of para-hydroxylation sites is 1. The summed E-state index contributed by atoms with van der Waals surface area (Å²) in [4.78, 5) is 14.9. The molecule has 5 heteroatoms. The Bertz CT molecular complexity index is 742. The van der Waals surface area contributed by atoms with Crippen LogP contribution < -0.4 is 15.0 Å². The highest BCUT2D eigenvalue weighted by molar-refractivity contribution is 6.32. The maximum atomic E-state index is 12.5.